The number of rotatable bonds is 4. The molecule has 0 bridgehead atoms. The van der Waals surface area contributed by atoms with E-state index in [0.29, 0.717) is 40.7 Å². The predicted molar refractivity (Wildman–Crippen MR) is 121 cm³/mol. The van der Waals surface area contributed by atoms with Crippen molar-refractivity contribution in [1.82, 2.24) is 24.9 Å². The molecule has 166 valence electrons. The van der Waals surface area contributed by atoms with Crippen LogP contribution in [0, 0.1) is 0 Å². The Bertz CT molecular complexity index is 1210. The van der Waals surface area contributed by atoms with Crippen molar-refractivity contribution in [2.75, 3.05) is 40.3 Å². The van der Waals surface area contributed by atoms with Crippen LogP contribution in [-0.4, -0.2) is 65.3 Å². The number of nitrogens with two attached hydrogens (primary N) is 2. The fourth-order valence-electron chi connectivity index (χ4n) is 4.37. The molecule has 1 aliphatic carbocycles. The molecule has 1 aromatic carbocycles. The van der Waals surface area contributed by atoms with Crippen LogP contribution in [0.3, 0.4) is 0 Å². The van der Waals surface area contributed by atoms with Crippen LogP contribution in [0.4, 0.5) is 0 Å². The summed E-state index contributed by atoms with van der Waals surface area (Å²) in [4.78, 5) is 13.8. The Morgan fingerprint density at radius 3 is 2.69 bits per heavy atom. The Balaban J connectivity index is 1.51. The maximum absolute atomic E-state index is 6.87. The molecule has 1 aliphatic heterocycles. The van der Waals surface area contributed by atoms with E-state index in [9.17, 15) is 0 Å². The molecule has 5 rings (SSSR count). The van der Waals surface area contributed by atoms with Gasteiger partial charge in [-0.05, 0) is 25.2 Å². The van der Waals surface area contributed by atoms with Gasteiger partial charge in [-0.2, -0.15) is 0 Å². The summed E-state index contributed by atoms with van der Waals surface area (Å²) in [7, 11) is 3.74. The van der Waals surface area contributed by atoms with Crippen LogP contribution in [0.25, 0.3) is 22.4 Å². The first-order valence-corrected chi connectivity index (χ1v) is 10.6. The molecule has 4 N–H and O–H groups in total. The first kappa shape index (κ1) is 20.5. The number of hydrogen-bond donors (Lipinski definition) is 2. The summed E-state index contributed by atoms with van der Waals surface area (Å²) < 4.78 is 11.2. The van der Waals surface area contributed by atoms with Crippen molar-refractivity contribution in [3.05, 3.63) is 65.6 Å². The lowest BCUT2D eigenvalue weighted by atomic mass is 9.85. The monoisotopic (exact) mass is 433 g/mol. The summed E-state index contributed by atoms with van der Waals surface area (Å²) in [5.41, 5.74) is 16.0. The molecule has 2 aromatic heterocycles. The standard InChI is InChI=1S/C23H27N7O2/c1-29-9-11-30(12-10-29)18-13-20(31-2)23(25,14-16(18)24)22-26-8-7-17(27-22)21-15-5-3-4-6-19(15)32-28-21/h3-8,13H,9-12,14,24-25H2,1-2H3. The minimum atomic E-state index is -1.08. The minimum absolute atomic E-state index is 0.358. The van der Waals surface area contributed by atoms with E-state index < -0.39 is 5.54 Å². The number of methoxy groups -OCH3 is 1. The average Bonchev–Trinajstić information content (AvgIpc) is 3.24. The maximum atomic E-state index is 6.87. The molecule has 9 heteroatoms. The smallest absolute Gasteiger partial charge is 0.167 e. The average molecular weight is 434 g/mol. The van der Waals surface area contributed by atoms with Gasteiger partial charge in [0.1, 0.15) is 17.0 Å². The highest BCUT2D eigenvalue weighted by molar-refractivity contribution is 5.90. The third-order valence-corrected chi connectivity index (χ3v) is 6.24. The van der Waals surface area contributed by atoms with Crippen LogP contribution < -0.4 is 11.5 Å². The lowest BCUT2D eigenvalue weighted by Crippen LogP contribution is -2.48. The minimum Gasteiger partial charge on any atom is -0.499 e. The topological polar surface area (TPSA) is 120 Å². The second kappa shape index (κ2) is 7.92. The largest absolute Gasteiger partial charge is 0.499 e. The molecular weight excluding hydrogens is 406 g/mol. The number of piperazine rings is 1. The summed E-state index contributed by atoms with van der Waals surface area (Å²) >= 11 is 0. The van der Waals surface area contributed by atoms with Crippen molar-refractivity contribution in [1.29, 1.82) is 0 Å². The van der Waals surface area contributed by atoms with Gasteiger partial charge in [0.05, 0.1) is 23.9 Å². The van der Waals surface area contributed by atoms with Gasteiger partial charge in [0.25, 0.3) is 0 Å². The zero-order chi connectivity index (χ0) is 22.3. The summed E-state index contributed by atoms with van der Waals surface area (Å²) in [5, 5.41) is 5.09. The molecule has 1 fully saturated rings. The van der Waals surface area contributed by atoms with Gasteiger partial charge in [-0.1, -0.05) is 17.3 Å². The van der Waals surface area contributed by atoms with E-state index in [-0.39, 0.29) is 0 Å². The molecular formula is C23H27N7O2. The SMILES string of the molecule is COC1=CC(N2CCN(C)CC2)=C(N)CC1(N)c1nccc(-c2noc3ccccc23)n1. The summed E-state index contributed by atoms with van der Waals surface area (Å²) in [5.74, 6) is 1.01. The van der Waals surface area contributed by atoms with Gasteiger partial charge in [0.2, 0.25) is 0 Å². The van der Waals surface area contributed by atoms with Crippen LogP contribution in [0.2, 0.25) is 0 Å². The predicted octanol–water partition coefficient (Wildman–Crippen LogP) is 1.79. The second-order valence-electron chi connectivity index (χ2n) is 8.35. The van der Waals surface area contributed by atoms with Gasteiger partial charge in [-0.25, -0.2) is 9.97 Å². The molecule has 0 amide bonds. The highest BCUT2D eigenvalue weighted by Gasteiger charge is 2.41. The zero-order valence-electron chi connectivity index (χ0n) is 18.3. The fraction of sp³-hybridized carbons (Fsp3) is 0.348. The maximum Gasteiger partial charge on any atom is 0.167 e. The third kappa shape index (κ3) is 3.39. The molecule has 3 heterocycles. The molecule has 0 spiro atoms. The Kier molecular flexibility index (Phi) is 5.07. The van der Waals surface area contributed by atoms with Crippen LogP contribution in [0.1, 0.15) is 12.2 Å². The van der Waals surface area contributed by atoms with E-state index >= 15 is 0 Å². The number of benzene rings is 1. The lowest BCUT2D eigenvalue weighted by molar-refractivity contribution is 0.176. The Morgan fingerprint density at radius 1 is 1.12 bits per heavy atom. The van der Waals surface area contributed by atoms with Gasteiger partial charge in [0, 0.05) is 50.6 Å². The quantitative estimate of drug-likeness (QED) is 0.634. The third-order valence-electron chi connectivity index (χ3n) is 6.24. The molecule has 32 heavy (non-hydrogen) atoms. The molecule has 3 aromatic rings. The lowest BCUT2D eigenvalue weighted by Gasteiger charge is -2.40. The molecule has 9 nitrogen and oxygen atoms in total. The van der Waals surface area contributed by atoms with Gasteiger partial charge in [-0.15, -0.1) is 0 Å². The van der Waals surface area contributed by atoms with E-state index in [1.807, 2.05) is 30.3 Å². The molecule has 0 saturated carbocycles. The van der Waals surface area contributed by atoms with Crippen LogP contribution in [0.5, 0.6) is 0 Å². The molecule has 1 atom stereocenters. The van der Waals surface area contributed by atoms with Crippen LogP contribution in [0.15, 0.2) is 64.3 Å². The van der Waals surface area contributed by atoms with Crippen molar-refractivity contribution in [3.63, 3.8) is 0 Å². The summed E-state index contributed by atoms with van der Waals surface area (Å²) in [6.45, 7) is 3.78. The normalized spacial score (nSPS) is 22.3. The second-order valence-corrected chi connectivity index (χ2v) is 8.35. The molecule has 2 aliphatic rings. The van der Waals surface area contributed by atoms with Gasteiger partial charge in [-0.3, -0.25) is 0 Å². The number of likely N-dealkylation sites (N-methyl/N-ethyl adjacent to an activating group) is 1. The Labute approximate surface area is 186 Å². The number of nitrogens with zero attached hydrogens (tertiary/aromatic N) is 5. The van der Waals surface area contributed by atoms with Gasteiger partial charge < -0.3 is 30.5 Å². The van der Waals surface area contributed by atoms with Crippen molar-refractivity contribution in [3.8, 4) is 11.4 Å². The molecule has 1 unspecified atom stereocenters. The Hall–Kier alpha value is -3.43. The van der Waals surface area contributed by atoms with Crippen molar-refractivity contribution in [2.24, 2.45) is 11.5 Å². The van der Waals surface area contributed by atoms with E-state index in [2.05, 4.69) is 27.0 Å². The number of para-hydroxylation sites is 1. The molecule has 1 saturated heterocycles. The van der Waals surface area contributed by atoms with Gasteiger partial charge in [0.15, 0.2) is 11.4 Å². The highest BCUT2D eigenvalue weighted by atomic mass is 16.5. The summed E-state index contributed by atoms with van der Waals surface area (Å²) in [6.07, 6.45) is 3.97. The summed E-state index contributed by atoms with van der Waals surface area (Å²) in [6, 6.07) is 9.46. The Morgan fingerprint density at radius 2 is 1.91 bits per heavy atom. The number of allylic oxidation sites excluding steroid dienone is 1. The number of ether oxygens (including phenoxy) is 1. The molecule has 0 radical (unpaired) electrons. The van der Waals surface area contributed by atoms with Crippen LogP contribution >= 0.6 is 0 Å². The van der Waals surface area contributed by atoms with Crippen LogP contribution in [-0.2, 0) is 10.3 Å². The number of hydrogen-bond acceptors (Lipinski definition) is 9. The van der Waals surface area contributed by atoms with E-state index in [0.717, 1.165) is 37.3 Å². The zero-order valence-corrected chi connectivity index (χ0v) is 18.3. The number of aromatic nitrogens is 3. The van der Waals surface area contributed by atoms with Crippen molar-refractivity contribution < 1.29 is 9.26 Å². The van der Waals surface area contributed by atoms with Crippen molar-refractivity contribution in [2.45, 2.75) is 12.0 Å². The van der Waals surface area contributed by atoms with E-state index in [1.165, 1.54) is 0 Å². The van der Waals surface area contributed by atoms with E-state index in [1.54, 1.807) is 19.4 Å². The van der Waals surface area contributed by atoms with Crippen molar-refractivity contribution >= 4 is 11.0 Å². The highest BCUT2D eigenvalue weighted by Crippen LogP contribution is 2.38. The fourth-order valence-corrected chi connectivity index (χ4v) is 4.37. The van der Waals surface area contributed by atoms with E-state index in [4.69, 9.17) is 25.7 Å². The first-order chi connectivity index (χ1) is 15.5. The number of fused-ring (bicyclic) bond motifs is 1. The van der Waals surface area contributed by atoms with Gasteiger partial charge >= 0.3 is 0 Å². The first-order valence-electron chi connectivity index (χ1n) is 10.6.